The van der Waals surface area contributed by atoms with Crippen molar-refractivity contribution in [1.29, 1.82) is 0 Å². The van der Waals surface area contributed by atoms with Crippen LogP contribution in [0.2, 0.25) is 0 Å². The third-order valence-electron chi connectivity index (χ3n) is 3.15. The maximum atomic E-state index is 10.4. The molecule has 112 valence electrons. The SMILES string of the molecule is C[C@H](O)c1ccc(-c2ccc(CNCCC(=O)O)o2)cc1. The van der Waals surface area contributed by atoms with Crippen LogP contribution in [0.15, 0.2) is 40.8 Å². The summed E-state index contributed by atoms with van der Waals surface area (Å²) in [7, 11) is 0. The average Bonchev–Trinajstić information content (AvgIpc) is 2.92. The Morgan fingerprint density at radius 2 is 1.95 bits per heavy atom. The minimum atomic E-state index is -0.819. The van der Waals surface area contributed by atoms with Gasteiger partial charge in [0.15, 0.2) is 0 Å². The summed E-state index contributed by atoms with van der Waals surface area (Å²) in [6, 6.07) is 11.3. The molecule has 0 aliphatic carbocycles. The molecule has 2 rings (SSSR count). The third kappa shape index (κ3) is 4.44. The molecule has 1 heterocycles. The summed E-state index contributed by atoms with van der Waals surface area (Å²) in [5, 5.41) is 21.0. The van der Waals surface area contributed by atoms with Gasteiger partial charge in [-0.25, -0.2) is 0 Å². The van der Waals surface area contributed by atoms with Crippen molar-refractivity contribution in [1.82, 2.24) is 5.32 Å². The number of carbonyl (C=O) groups is 1. The summed E-state index contributed by atoms with van der Waals surface area (Å²) >= 11 is 0. The maximum absolute atomic E-state index is 10.4. The first-order valence-corrected chi connectivity index (χ1v) is 6.86. The van der Waals surface area contributed by atoms with Crippen LogP contribution >= 0.6 is 0 Å². The van der Waals surface area contributed by atoms with E-state index in [0.717, 1.165) is 22.6 Å². The van der Waals surface area contributed by atoms with E-state index >= 15 is 0 Å². The lowest BCUT2D eigenvalue weighted by molar-refractivity contribution is -0.136. The number of benzene rings is 1. The number of aliphatic hydroxyl groups is 1. The molecule has 0 spiro atoms. The number of aliphatic hydroxyl groups excluding tert-OH is 1. The van der Waals surface area contributed by atoms with Gasteiger partial charge >= 0.3 is 5.97 Å². The van der Waals surface area contributed by atoms with Gasteiger partial charge < -0.3 is 19.9 Å². The molecule has 1 atom stereocenters. The van der Waals surface area contributed by atoms with Crippen LogP contribution in [0, 0.1) is 0 Å². The normalized spacial score (nSPS) is 12.3. The maximum Gasteiger partial charge on any atom is 0.304 e. The van der Waals surface area contributed by atoms with Gasteiger partial charge in [-0.3, -0.25) is 4.79 Å². The van der Waals surface area contributed by atoms with E-state index in [4.69, 9.17) is 9.52 Å². The number of aliphatic carboxylic acids is 1. The molecule has 5 heteroatoms. The second-order valence-corrected chi connectivity index (χ2v) is 4.88. The molecule has 0 aliphatic heterocycles. The van der Waals surface area contributed by atoms with Crippen LogP contribution in [0.1, 0.15) is 30.8 Å². The Morgan fingerprint density at radius 1 is 1.24 bits per heavy atom. The van der Waals surface area contributed by atoms with Gasteiger partial charge in [0, 0.05) is 12.1 Å². The predicted octanol–water partition coefficient (Wildman–Crippen LogP) is 2.56. The van der Waals surface area contributed by atoms with Crippen molar-refractivity contribution in [3.63, 3.8) is 0 Å². The molecule has 0 aliphatic rings. The van der Waals surface area contributed by atoms with E-state index in [0.29, 0.717) is 13.1 Å². The molecule has 0 saturated heterocycles. The molecule has 1 aromatic heterocycles. The molecular formula is C16H19NO4. The number of carboxylic acid groups (broad SMARTS) is 1. The molecular weight excluding hydrogens is 270 g/mol. The largest absolute Gasteiger partial charge is 0.481 e. The Morgan fingerprint density at radius 3 is 2.57 bits per heavy atom. The number of nitrogens with one attached hydrogen (secondary N) is 1. The fourth-order valence-corrected chi connectivity index (χ4v) is 1.96. The van der Waals surface area contributed by atoms with Crippen molar-refractivity contribution in [3.8, 4) is 11.3 Å². The monoisotopic (exact) mass is 289 g/mol. The predicted molar refractivity (Wildman–Crippen MR) is 78.7 cm³/mol. The van der Waals surface area contributed by atoms with Gasteiger partial charge in [-0.05, 0) is 24.6 Å². The zero-order chi connectivity index (χ0) is 15.2. The van der Waals surface area contributed by atoms with E-state index in [2.05, 4.69) is 5.32 Å². The molecule has 5 nitrogen and oxygen atoms in total. The smallest absolute Gasteiger partial charge is 0.304 e. The first-order valence-electron chi connectivity index (χ1n) is 6.86. The van der Waals surface area contributed by atoms with E-state index in [1.807, 2.05) is 36.4 Å². The third-order valence-corrected chi connectivity index (χ3v) is 3.15. The van der Waals surface area contributed by atoms with E-state index in [-0.39, 0.29) is 6.42 Å². The molecule has 0 bridgehead atoms. The molecule has 0 unspecified atom stereocenters. The van der Waals surface area contributed by atoms with Gasteiger partial charge in [-0.15, -0.1) is 0 Å². The van der Waals surface area contributed by atoms with Gasteiger partial charge in [0.25, 0.3) is 0 Å². The Balaban J connectivity index is 1.94. The highest BCUT2D eigenvalue weighted by molar-refractivity contribution is 5.66. The molecule has 3 N–H and O–H groups in total. The van der Waals surface area contributed by atoms with Gasteiger partial charge in [0.1, 0.15) is 11.5 Å². The number of rotatable bonds is 7. The first kappa shape index (κ1) is 15.3. The minimum absolute atomic E-state index is 0.0916. The molecule has 0 saturated carbocycles. The number of carboxylic acids is 1. The summed E-state index contributed by atoms with van der Waals surface area (Å²) in [4.78, 5) is 10.4. The van der Waals surface area contributed by atoms with Crippen LogP contribution in [0.4, 0.5) is 0 Å². The zero-order valence-corrected chi connectivity index (χ0v) is 11.9. The van der Waals surface area contributed by atoms with Crippen molar-refractivity contribution in [3.05, 3.63) is 47.7 Å². The van der Waals surface area contributed by atoms with Crippen molar-refractivity contribution in [2.75, 3.05) is 6.54 Å². The quantitative estimate of drug-likeness (QED) is 0.682. The summed E-state index contributed by atoms with van der Waals surface area (Å²) < 4.78 is 5.70. The van der Waals surface area contributed by atoms with Gasteiger partial charge in [0.05, 0.1) is 19.1 Å². The van der Waals surface area contributed by atoms with Gasteiger partial charge in [0.2, 0.25) is 0 Å². The molecule has 0 radical (unpaired) electrons. The van der Waals surface area contributed by atoms with Crippen LogP contribution in [0.5, 0.6) is 0 Å². The number of hydrogen-bond acceptors (Lipinski definition) is 4. The van der Waals surface area contributed by atoms with Gasteiger partial charge in [-0.2, -0.15) is 0 Å². The highest BCUT2D eigenvalue weighted by Crippen LogP contribution is 2.24. The van der Waals surface area contributed by atoms with Crippen molar-refractivity contribution < 1.29 is 19.4 Å². The molecule has 1 aromatic carbocycles. The van der Waals surface area contributed by atoms with E-state index < -0.39 is 12.1 Å². The first-order chi connectivity index (χ1) is 10.1. The van der Waals surface area contributed by atoms with Crippen LogP contribution in [0.25, 0.3) is 11.3 Å². The van der Waals surface area contributed by atoms with E-state index in [9.17, 15) is 9.90 Å². The minimum Gasteiger partial charge on any atom is -0.481 e. The Labute approximate surface area is 123 Å². The Bertz CT molecular complexity index is 587. The zero-order valence-electron chi connectivity index (χ0n) is 11.9. The summed E-state index contributed by atoms with van der Waals surface area (Å²) in [5.41, 5.74) is 1.80. The highest BCUT2D eigenvalue weighted by Gasteiger charge is 2.06. The van der Waals surface area contributed by atoms with E-state index in [1.165, 1.54) is 0 Å². The lowest BCUT2D eigenvalue weighted by Crippen LogP contribution is -2.17. The van der Waals surface area contributed by atoms with Crippen LogP contribution < -0.4 is 5.32 Å². The standard InChI is InChI=1S/C16H19NO4/c1-11(18)12-2-4-13(5-3-12)15-7-6-14(21-15)10-17-9-8-16(19)20/h2-7,11,17-18H,8-10H2,1H3,(H,19,20)/t11-/m0/s1. The molecule has 21 heavy (non-hydrogen) atoms. The lowest BCUT2D eigenvalue weighted by atomic mass is 10.1. The van der Waals surface area contributed by atoms with Crippen LogP contribution in [-0.2, 0) is 11.3 Å². The fraction of sp³-hybridized carbons (Fsp3) is 0.312. The summed E-state index contributed by atoms with van der Waals surface area (Å²) in [6.07, 6.45) is -0.390. The number of hydrogen-bond donors (Lipinski definition) is 3. The highest BCUT2D eigenvalue weighted by atomic mass is 16.4. The van der Waals surface area contributed by atoms with Gasteiger partial charge in [-0.1, -0.05) is 24.3 Å². The summed E-state index contributed by atoms with van der Waals surface area (Å²) in [5.74, 6) is 0.693. The Kier molecular flexibility index (Phi) is 5.14. The van der Waals surface area contributed by atoms with Crippen molar-refractivity contribution >= 4 is 5.97 Å². The summed E-state index contributed by atoms with van der Waals surface area (Å²) in [6.45, 7) is 2.64. The van der Waals surface area contributed by atoms with Crippen molar-refractivity contribution in [2.45, 2.75) is 26.0 Å². The van der Waals surface area contributed by atoms with Crippen LogP contribution in [0.3, 0.4) is 0 Å². The second-order valence-electron chi connectivity index (χ2n) is 4.88. The molecule has 2 aromatic rings. The van der Waals surface area contributed by atoms with Crippen molar-refractivity contribution in [2.24, 2.45) is 0 Å². The van der Waals surface area contributed by atoms with Crippen LogP contribution in [-0.4, -0.2) is 22.7 Å². The second kappa shape index (κ2) is 7.06. The van der Waals surface area contributed by atoms with E-state index in [1.54, 1.807) is 6.92 Å². The lowest BCUT2D eigenvalue weighted by Gasteiger charge is -2.05. The Hall–Kier alpha value is -2.11. The molecule has 0 amide bonds. The number of furan rings is 1. The fourth-order valence-electron chi connectivity index (χ4n) is 1.96. The topological polar surface area (TPSA) is 82.7 Å². The molecule has 0 fully saturated rings. The average molecular weight is 289 g/mol.